The lowest BCUT2D eigenvalue weighted by molar-refractivity contribution is -0.133. The highest BCUT2D eigenvalue weighted by Crippen LogP contribution is 2.26. The van der Waals surface area contributed by atoms with Crippen molar-refractivity contribution in [3.63, 3.8) is 0 Å². The molecule has 0 saturated carbocycles. The molecule has 3 aromatic carbocycles. The van der Waals surface area contributed by atoms with Crippen molar-refractivity contribution in [1.82, 2.24) is 15.8 Å². The van der Waals surface area contributed by atoms with Gasteiger partial charge < -0.3 is 4.84 Å². The average molecular weight is 505 g/mol. The molecule has 2 N–H and O–H groups in total. The van der Waals surface area contributed by atoms with Gasteiger partial charge in [0.25, 0.3) is 23.6 Å². The Bertz CT molecular complexity index is 1290. The number of nitrogens with zero attached hydrogens (tertiary/aromatic N) is 2. The molecule has 0 aliphatic carbocycles. The van der Waals surface area contributed by atoms with Crippen molar-refractivity contribution in [1.29, 1.82) is 0 Å². The topological polar surface area (TPSA) is 117 Å². The number of benzene rings is 3. The molecular weight excluding hydrogens is 484 g/mol. The summed E-state index contributed by atoms with van der Waals surface area (Å²) in [5.41, 5.74) is 6.29. The predicted molar refractivity (Wildman–Crippen MR) is 132 cm³/mol. The number of imide groups is 1. The number of hydrogen-bond acceptors (Lipinski definition) is 6. The van der Waals surface area contributed by atoms with Crippen LogP contribution in [0.5, 0.6) is 0 Å². The third-order valence-electron chi connectivity index (χ3n) is 5.40. The summed E-state index contributed by atoms with van der Waals surface area (Å²) in [6.07, 6.45) is 1.42. The summed E-state index contributed by atoms with van der Waals surface area (Å²) in [5.74, 6) is -2.58. The Kier molecular flexibility index (Phi) is 7.72. The van der Waals surface area contributed by atoms with E-state index in [-0.39, 0.29) is 17.5 Å². The normalized spacial score (nSPS) is 13.4. The zero-order chi connectivity index (χ0) is 25.5. The summed E-state index contributed by atoms with van der Waals surface area (Å²) < 4.78 is 0. The second-order valence-electron chi connectivity index (χ2n) is 7.80. The lowest BCUT2D eigenvalue weighted by Crippen LogP contribution is -2.55. The highest BCUT2D eigenvalue weighted by atomic mass is 35.5. The van der Waals surface area contributed by atoms with Crippen LogP contribution in [0.3, 0.4) is 0 Å². The van der Waals surface area contributed by atoms with E-state index in [1.165, 1.54) is 18.3 Å². The van der Waals surface area contributed by atoms with Crippen LogP contribution >= 0.6 is 11.6 Å². The number of carbonyl (C=O) groups is 4. The minimum absolute atomic E-state index is 0.0621. The molecule has 10 heteroatoms. The first-order valence-electron chi connectivity index (χ1n) is 10.9. The van der Waals surface area contributed by atoms with Gasteiger partial charge in [0.15, 0.2) is 6.61 Å². The summed E-state index contributed by atoms with van der Waals surface area (Å²) in [6, 6.07) is 21.1. The summed E-state index contributed by atoms with van der Waals surface area (Å²) in [4.78, 5) is 57.1. The molecule has 0 unspecified atom stereocenters. The predicted octanol–water partition coefficient (Wildman–Crippen LogP) is 2.75. The van der Waals surface area contributed by atoms with Crippen molar-refractivity contribution in [3.05, 3.63) is 106 Å². The fourth-order valence-corrected chi connectivity index (χ4v) is 3.83. The molecule has 0 saturated heterocycles. The first kappa shape index (κ1) is 24.6. The highest BCUT2D eigenvalue weighted by Gasteiger charge is 2.42. The van der Waals surface area contributed by atoms with E-state index in [9.17, 15) is 19.2 Å². The fourth-order valence-electron chi connectivity index (χ4n) is 3.65. The molecule has 1 atom stereocenters. The van der Waals surface area contributed by atoms with Crippen LogP contribution in [0.2, 0.25) is 5.02 Å². The smallest absolute Gasteiger partial charge is 0.279 e. The first-order chi connectivity index (χ1) is 17.5. The van der Waals surface area contributed by atoms with Gasteiger partial charge in [-0.3, -0.25) is 34.9 Å². The Morgan fingerprint density at radius 1 is 0.889 bits per heavy atom. The van der Waals surface area contributed by atoms with Crippen LogP contribution in [-0.4, -0.2) is 47.4 Å². The maximum absolute atomic E-state index is 13.1. The molecule has 3 aromatic rings. The lowest BCUT2D eigenvalue weighted by atomic mass is 10.0. The van der Waals surface area contributed by atoms with Crippen LogP contribution in [-0.2, 0) is 20.8 Å². The number of fused-ring (bicyclic) bond motifs is 1. The zero-order valence-electron chi connectivity index (χ0n) is 18.9. The second kappa shape index (κ2) is 11.3. The maximum Gasteiger partial charge on any atom is 0.279 e. The van der Waals surface area contributed by atoms with E-state index in [0.717, 1.165) is 10.5 Å². The molecule has 4 rings (SSSR count). The number of oxime groups is 1. The number of carbonyl (C=O) groups excluding carboxylic acids is 4. The van der Waals surface area contributed by atoms with E-state index in [1.54, 1.807) is 60.7 Å². The van der Waals surface area contributed by atoms with E-state index in [4.69, 9.17) is 16.4 Å². The van der Waals surface area contributed by atoms with Gasteiger partial charge in [-0.05, 0) is 23.8 Å². The van der Waals surface area contributed by atoms with Gasteiger partial charge in [0.2, 0.25) is 0 Å². The highest BCUT2D eigenvalue weighted by molar-refractivity contribution is 6.33. The molecule has 0 aromatic heterocycles. The Morgan fingerprint density at radius 2 is 1.50 bits per heavy atom. The van der Waals surface area contributed by atoms with Crippen LogP contribution in [0, 0.1) is 0 Å². The van der Waals surface area contributed by atoms with Gasteiger partial charge in [-0.15, -0.1) is 0 Å². The Morgan fingerprint density at radius 3 is 2.17 bits per heavy atom. The third-order valence-corrected chi connectivity index (χ3v) is 5.75. The van der Waals surface area contributed by atoms with Gasteiger partial charge in [-0.2, -0.15) is 0 Å². The van der Waals surface area contributed by atoms with Gasteiger partial charge >= 0.3 is 0 Å². The largest absolute Gasteiger partial charge is 0.386 e. The van der Waals surface area contributed by atoms with Gasteiger partial charge in [0, 0.05) is 17.0 Å². The van der Waals surface area contributed by atoms with Crippen molar-refractivity contribution >= 4 is 41.4 Å². The van der Waals surface area contributed by atoms with E-state index >= 15 is 0 Å². The third kappa shape index (κ3) is 5.59. The van der Waals surface area contributed by atoms with E-state index in [2.05, 4.69) is 16.0 Å². The van der Waals surface area contributed by atoms with Crippen LogP contribution in [0.25, 0.3) is 0 Å². The minimum atomic E-state index is -1.20. The Labute approximate surface area is 211 Å². The first-order valence-corrected chi connectivity index (χ1v) is 11.3. The molecule has 4 amide bonds. The number of rotatable bonds is 8. The monoisotopic (exact) mass is 504 g/mol. The molecular formula is C26H21ClN4O5. The summed E-state index contributed by atoms with van der Waals surface area (Å²) in [5, 5.41) is 4.16. The SMILES string of the molecule is O=C(CO/N=C\c1ccccc1Cl)NNC(=O)[C@@H](Cc1ccccc1)N1C(=O)c2ccccc2C1=O. The van der Waals surface area contributed by atoms with Crippen LogP contribution in [0.1, 0.15) is 31.8 Å². The van der Waals surface area contributed by atoms with Crippen molar-refractivity contribution in [3.8, 4) is 0 Å². The zero-order valence-corrected chi connectivity index (χ0v) is 19.6. The molecule has 0 bridgehead atoms. The molecule has 9 nitrogen and oxygen atoms in total. The fraction of sp³-hybridized carbons (Fsp3) is 0.115. The summed E-state index contributed by atoms with van der Waals surface area (Å²) in [6.45, 7) is -0.488. The second-order valence-corrected chi connectivity index (χ2v) is 8.21. The maximum atomic E-state index is 13.1. The van der Waals surface area contributed by atoms with Crippen molar-refractivity contribution in [2.45, 2.75) is 12.5 Å². The van der Waals surface area contributed by atoms with Crippen LogP contribution < -0.4 is 10.9 Å². The van der Waals surface area contributed by atoms with Crippen LogP contribution in [0.15, 0.2) is 84.0 Å². The summed E-state index contributed by atoms with van der Waals surface area (Å²) in [7, 11) is 0. The van der Waals surface area contributed by atoms with Gasteiger partial charge in [0.1, 0.15) is 6.04 Å². The van der Waals surface area contributed by atoms with Crippen LogP contribution in [0.4, 0.5) is 0 Å². The van der Waals surface area contributed by atoms with E-state index in [1.807, 2.05) is 6.07 Å². The average Bonchev–Trinajstić information content (AvgIpc) is 3.15. The number of hydrogen-bond donors (Lipinski definition) is 2. The Balaban J connectivity index is 1.40. The summed E-state index contributed by atoms with van der Waals surface area (Å²) >= 11 is 6.02. The van der Waals surface area contributed by atoms with Gasteiger partial charge in [-0.25, -0.2) is 0 Å². The lowest BCUT2D eigenvalue weighted by Gasteiger charge is -2.25. The van der Waals surface area contributed by atoms with Crippen molar-refractivity contribution in [2.75, 3.05) is 6.61 Å². The number of hydrazine groups is 1. The number of halogens is 1. The van der Waals surface area contributed by atoms with Crippen molar-refractivity contribution in [2.24, 2.45) is 5.16 Å². The molecule has 1 aliphatic rings. The van der Waals surface area contributed by atoms with Crippen molar-refractivity contribution < 1.29 is 24.0 Å². The molecule has 0 spiro atoms. The standard InChI is InChI=1S/C26H21ClN4O5/c27-21-13-7-4-10-18(21)15-28-36-16-23(32)29-30-24(33)22(14-17-8-2-1-3-9-17)31-25(34)19-11-5-6-12-20(19)26(31)35/h1-13,15,22H,14,16H2,(H,29,32)(H,30,33)/b28-15-/t22-/m1/s1. The van der Waals surface area contributed by atoms with E-state index in [0.29, 0.717) is 10.6 Å². The molecule has 1 heterocycles. The Hall–Kier alpha value is -4.50. The molecule has 0 radical (unpaired) electrons. The number of amides is 4. The van der Waals surface area contributed by atoms with Gasteiger partial charge in [0.05, 0.1) is 17.3 Å². The minimum Gasteiger partial charge on any atom is -0.386 e. The molecule has 36 heavy (non-hydrogen) atoms. The van der Waals surface area contributed by atoms with Gasteiger partial charge in [-0.1, -0.05) is 77.4 Å². The number of nitrogens with one attached hydrogen (secondary N) is 2. The molecule has 182 valence electrons. The molecule has 1 aliphatic heterocycles. The quantitative estimate of drug-likeness (QED) is 0.278. The molecule has 0 fully saturated rings. The van der Waals surface area contributed by atoms with E-state index < -0.39 is 36.3 Å².